The van der Waals surface area contributed by atoms with Crippen molar-refractivity contribution in [2.45, 2.75) is 37.8 Å². The third-order valence-electron chi connectivity index (χ3n) is 3.53. The third-order valence-corrected chi connectivity index (χ3v) is 3.53. The minimum absolute atomic E-state index is 0.0599. The molecule has 104 valence electrons. The van der Waals surface area contributed by atoms with Gasteiger partial charge in [-0.2, -0.15) is 0 Å². The highest BCUT2D eigenvalue weighted by Crippen LogP contribution is 2.18. The van der Waals surface area contributed by atoms with E-state index in [1.165, 1.54) is 0 Å². The number of carbonyl (C=O) groups excluding carboxylic acids is 1. The van der Waals surface area contributed by atoms with E-state index >= 15 is 0 Å². The number of amides is 1. The molecule has 0 bridgehead atoms. The van der Waals surface area contributed by atoms with Gasteiger partial charge in [-0.3, -0.25) is 14.6 Å². The predicted molar refractivity (Wildman–Crippen MR) is 70.3 cm³/mol. The lowest BCUT2D eigenvalue weighted by molar-refractivity contribution is 0.0922. The lowest BCUT2D eigenvalue weighted by Crippen LogP contribution is -2.43. The first-order chi connectivity index (χ1) is 9.10. The predicted octanol–water partition coefficient (Wildman–Crippen LogP) is -0.676. The molecule has 1 aliphatic rings. The van der Waals surface area contributed by atoms with E-state index in [2.05, 4.69) is 15.6 Å². The van der Waals surface area contributed by atoms with Crippen molar-refractivity contribution in [3.63, 3.8) is 0 Å². The van der Waals surface area contributed by atoms with E-state index in [-0.39, 0.29) is 11.6 Å². The summed E-state index contributed by atoms with van der Waals surface area (Å²) in [6, 6.07) is 0.591. The first-order valence-electron chi connectivity index (χ1n) is 6.40. The second-order valence-corrected chi connectivity index (χ2v) is 4.80. The van der Waals surface area contributed by atoms with Crippen LogP contribution in [-0.2, 0) is 0 Å². The molecule has 0 spiro atoms. The van der Waals surface area contributed by atoms with Gasteiger partial charge in [0.25, 0.3) is 11.5 Å². The van der Waals surface area contributed by atoms with Crippen molar-refractivity contribution in [1.29, 1.82) is 0 Å². The minimum Gasteiger partial charge on any atom is -0.349 e. The smallest absolute Gasteiger partial charge is 0.325 e. The maximum absolute atomic E-state index is 11.9. The molecule has 0 unspecified atom stereocenters. The van der Waals surface area contributed by atoms with Gasteiger partial charge in [-0.1, -0.05) is 0 Å². The SMILES string of the molecule is CNC1CCC(NC(=O)c2c[nH]c(=O)[nH]c2=O)CC1. The largest absolute Gasteiger partial charge is 0.349 e. The first-order valence-corrected chi connectivity index (χ1v) is 6.40. The average Bonchev–Trinajstić information content (AvgIpc) is 2.39. The van der Waals surface area contributed by atoms with Gasteiger partial charge in [-0.05, 0) is 32.7 Å². The summed E-state index contributed by atoms with van der Waals surface area (Å²) in [6.45, 7) is 0. The zero-order chi connectivity index (χ0) is 13.8. The molecule has 1 saturated carbocycles. The van der Waals surface area contributed by atoms with Gasteiger partial charge in [-0.25, -0.2) is 4.79 Å². The molecule has 1 heterocycles. The van der Waals surface area contributed by atoms with Crippen LogP contribution in [0.3, 0.4) is 0 Å². The Hall–Kier alpha value is -1.89. The second kappa shape index (κ2) is 5.83. The van der Waals surface area contributed by atoms with E-state index in [4.69, 9.17) is 0 Å². The van der Waals surface area contributed by atoms with Crippen molar-refractivity contribution in [2.75, 3.05) is 7.05 Å². The van der Waals surface area contributed by atoms with E-state index < -0.39 is 17.2 Å². The van der Waals surface area contributed by atoms with Crippen molar-refractivity contribution >= 4 is 5.91 Å². The summed E-state index contributed by atoms with van der Waals surface area (Å²) in [5.41, 5.74) is -1.34. The quantitative estimate of drug-likeness (QED) is 0.581. The molecule has 1 aromatic rings. The Morgan fingerprint density at radius 1 is 1.21 bits per heavy atom. The fourth-order valence-electron chi connectivity index (χ4n) is 2.37. The highest BCUT2D eigenvalue weighted by Gasteiger charge is 2.22. The number of aromatic nitrogens is 2. The summed E-state index contributed by atoms with van der Waals surface area (Å²) in [5, 5.41) is 6.05. The zero-order valence-electron chi connectivity index (χ0n) is 10.8. The topological polar surface area (TPSA) is 107 Å². The van der Waals surface area contributed by atoms with E-state index in [1.807, 2.05) is 12.0 Å². The first kappa shape index (κ1) is 13.5. The van der Waals surface area contributed by atoms with Crippen molar-refractivity contribution < 1.29 is 4.79 Å². The molecule has 2 rings (SSSR count). The Morgan fingerprint density at radius 3 is 2.42 bits per heavy atom. The fourth-order valence-corrected chi connectivity index (χ4v) is 2.37. The van der Waals surface area contributed by atoms with Gasteiger partial charge in [0.2, 0.25) is 0 Å². The Morgan fingerprint density at radius 2 is 1.84 bits per heavy atom. The summed E-state index contributed by atoms with van der Waals surface area (Å²) in [5.74, 6) is -0.439. The maximum atomic E-state index is 11.9. The normalized spacial score (nSPS) is 23.0. The standard InChI is InChI=1S/C12H18N4O3/c1-13-7-2-4-8(5-3-7)15-10(17)9-6-14-12(19)16-11(9)18/h6-8,13H,2-5H2,1H3,(H,15,17)(H2,14,16,18,19). The second-order valence-electron chi connectivity index (χ2n) is 4.80. The van der Waals surface area contributed by atoms with E-state index in [1.54, 1.807) is 0 Å². The Balaban J connectivity index is 1.98. The molecule has 7 nitrogen and oxygen atoms in total. The van der Waals surface area contributed by atoms with Crippen LogP contribution in [0.4, 0.5) is 0 Å². The number of hydrogen-bond acceptors (Lipinski definition) is 4. The Kier molecular flexibility index (Phi) is 4.16. The zero-order valence-corrected chi connectivity index (χ0v) is 10.8. The summed E-state index contributed by atoms with van der Waals surface area (Å²) in [6.07, 6.45) is 4.93. The molecule has 1 aliphatic carbocycles. The van der Waals surface area contributed by atoms with Crippen LogP contribution in [0.25, 0.3) is 0 Å². The Bertz CT molecular complexity index is 555. The van der Waals surface area contributed by atoms with Gasteiger partial charge < -0.3 is 15.6 Å². The van der Waals surface area contributed by atoms with E-state index in [0.29, 0.717) is 6.04 Å². The minimum atomic E-state index is -0.662. The van der Waals surface area contributed by atoms with Crippen LogP contribution in [0.1, 0.15) is 36.0 Å². The number of nitrogens with one attached hydrogen (secondary N) is 4. The van der Waals surface area contributed by atoms with Crippen molar-refractivity contribution in [3.8, 4) is 0 Å². The summed E-state index contributed by atoms with van der Waals surface area (Å²) in [7, 11) is 1.93. The molecular formula is C12H18N4O3. The summed E-state index contributed by atoms with van der Waals surface area (Å²) in [4.78, 5) is 38.6. The van der Waals surface area contributed by atoms with E-state index in [0.717, 1.165) is 31.9 Å². The molecule has 19 heavy (non-hydrogen) atoms. The maximum Gasteiger partial charge on any atom is 0.325 e. The lowest BCUT2D eigenvalue weighted by Gasteiger charge is -2.28. The van der Waals surface area contributed by atoms with Gasteiger partial charge >= 0.3 is 5.69 Å². The average molecular weight is 266 g/mol. The summed E-state index contributed by atoms with van der Waals surface area (Å²) >= 11 is 0. The van der Waals surface area contributed by atoms with E-state index in [9.17, 15) is 14.4 Å². The highest BCUT2D eigenvalue weighted by molar-refractivity contribution is 5.93. The van der Waals surface area contributed by atoms with Gasteiger partial charge in [0.1, 0.15) is 5.56 Å². The van der Waals surface area contributed by atoms with Gasteiger partial charge in [-0.15, -0.1) is 0 Å². The molecule has 0 atom stereocenters. The van der Waals surface area contributed by atoms with Crippen LogP contribution in [0.15, 0.2) is 15.8 Å². The van der Waals surface area contributed by atoms with Crippen LogP contribution in [0, 0.1) is 0 Å². The molecule has 0 aromatic carbocycles. The van der Waals surface area contributed by atoms with Gasteiger partial charge in [0.15, 0.2) is 0 Å². The Labute approximate surface area is 109 Å². The molecule has 0 saturated heterocycles. The van der Waals surface area contributed by atoms with Crippen LogP contribution in [0.2, 0.25) is 0 Å². The van der Waals surface area contributed by atoms with Crippen LogP contribution >= 0.6 is 0 Å². The van der Waals surface area contributed by atoms with Gasteiger partial charge in [0, 0.05) is 18.3 Å². The number of rotatable bonds is 3. The number of carbonyl (C=O) groups is 1. The van der Waals surface area contributed by atoms with Crippen LogP contribution in [0.5, 0.6) is 0 Å². The molecule has 1 amide bonds. The third kappa shape index (κ3) is 3.31. The summed E-state index contributed by atoms with van der Waals surface area (Å²) < 4.78 is 0. The van der Waals surface area contributed by atoms with Crippen LogP contribution < -0.4 is 21.9 Å². The molecule has 1 fully saturated rings. The van der Waals surface area contributed by atoms with Crippen molar-refractivity contribution in [2.24, 2.45) is 0 Å². The van der Waals surface area contributed by atoms with Gasteiger partial charge in [0.05, 0.1) is 0 Å². The van der Waals surface area contributed by atoms with Crippen molar-refractivity contribution in [1.82, 2.24) is 20.6 Å². The fraction of sp³-hybridized carbons (Fsp3) is 0.583. The monoisotopic (exact) mass is 266 g/mol. The molecule has 0 radical (unpaired) electrons. The van der Waals surface area contributed by atoms with Crippen molar-refractivity contribution in [3.05, 3.63) is 32.6 Å². The molecular weight excluding hydrogens is 248 g/mol. The highest BCUT2D eigenvalue weighted by atomic mass is 16.2. The van der Waals surface area contributed by atoms with Crippen LogP contribution in [-0.4, -0.2) is 35.0 Å². The number of hydrogen-bond donors (Lipinski definition) is 4. The molecule has 7 heteroatoms. The molecule has 0 aliphatic heterocycles. The number of H-pyrrole nitrogens is 2. The molecule has 4 N–H and O–H groups in total. The number of aromatic amines is 2. The molecule has 1 aromatic heterocycles. The lowest BCUT2D eigenvalue weighted by atomic mass is 9.91.